The Morgan fingerprint density at radius 1 is 0.909 bits per heavy atom. The lowest BCUT2D eigenvalue weighted by Gasteiger charge is -2.56. The van der Waals surface area contributed by atoms with Crippen molar-refractivity contribution in [2.24, 2.45) is 17.8 Å². The minimum Gasteiger partial charge on any atom is -0.392 e. The van der Waals surface area contributed by atoms with Crippen molar-refractivity contribution in [3.05, 3.63) is 77.9 Å². The molecule has 2 amide bonds. The van der Waals surface area contributed by atoms with Crippen LogP contribution in [0.4, 0.5) is 10.5 Å². The van der Waals surface area contributed by atoms with Gasteiger partial charge in [0.1, 0.15) is 0 Å². The van der Waals surface area contributed by atoms with Crippen LogP contribution in [0, 0.1) is 17.8 Å². The SMILES string of the molecule is C=CCN(C[C@@H]1C[C@H](c2ccc(CO)cc2)O[C@H](c2ccc(NC(=O)NC34CC5CC(CC(C5)C3)C4)cc2)O1)C1CCCC1. The van der Waals surface area contributed by atoms with Gasteiger partial charge in [0.2, 0.25) is 0 Å². The van der Waals surface area contributed by atoms with Gasteiger partial charge >= 0.3 is 6.03 Å². The van der Waals surface area contributed by atoms with E-state index in [1.54, 1.807) is 0 Å². The Bertz CT molecular complexity index is 1250. The third kappa shape index (κ3) is 6.62. The first kappa shape index (κ1) is 30.0. The summed E-state index contributed by atoms with van der Waals surface area (Å²) in [5.41, 5.74) is 3.69. The van der Waals surface area contributed by atoms with E-state index in [1.165, 1.54) is 44.9 Å². The number of carbonyl (C=O) groups excluding carboxylic acids is 1. The molecular weight excluding hydrogens is 550 g/mol. The summed E-state index contributed by atoms with van der Waals surface area (Å²) in [5, 5.41) is 16.1. The number of benzene rings is 2. The van der Waals surface area contributed by atoms with Crippen LogP contribution in [0.1, 0.15) is 99.7 Å². The molecule has 2 aromatic carbocycles. The number of anilines is 1. The Kier molecular flexibility index (Phi) is 8.82. The van der Waals surface area contributed by atoms with Gasteiger partial charge < -0.3 is 25.2 Å². The number of urea groups is 1. The number of nitrogens with zero attached hydrogens (tertiary/aromatic N) is 1. The highest BCUT2D eigenvalue weighted by Crippen LogP contribution is 2.55. The summed E-state index contributed by atoms with van der Waals surface area (Å²) in [7, 11) is 0. The van der Waals surface area contributed by atoms with Crippen molar-refractivity contribution < 1.29 is 19.4 Å². The summed E-state index contributed by atoms with van der Waals surface area (Å²) in [5.74, 6) is 2.37. The van der Waals surface area contributed by atoms with Crippen molar-refractivity contribution in [3.8, 4) is 0 Å². The largest absolute Gasteiger partial charge is 0.392 e. The molecular formula is C37H49N3O4. The number of hydrogen-bond donors (Lipinski definition) is 3. The molecule has 3 atom stereocenters. The molecule has 6 aliphatic rings. The lowest BCUT2D eigenvalue weighted by atomic mass is 9.53. The molecule has 7 nitrogen and oxygen atoms in total. The van der Waals surface area contributed by atoms with E-state index in [9.17, 15) is 9.90 Å². The van der Waals surface area contributed by atoms with E-state index in [0.29, 0.717) is 6.04 Å². The first-order chi connectivity index (χ1) is 21.5. The third-order valence-electron chi connectivity index (χ3n) is 11.1. The number of aliphatic hydroxyl groups excluding tert-OH is 1. The molecule has 236 valence electrons. The Hall–Kier alpha value is -2.71. The standard InChI is InChI=1S/C37H49N3O4/c1-2-15-40(32-5-3-4-6-32)23-33-19-34(29-9-7-25(24-41)8-10-29)44-35(43-33)30-11-13-31(14-12-30)38-36(42)39-37-20-26-16-27(21-37)18-28(17-26)22-37/h2,7-14,26-28,32-35,41H,1,3-6,15-24H2,(H2,38,39,42)/t26?,27?,28?,33-,34+,35+,37?/m0/s1. The van der Waals surface area contributed by atoms with Crippen LogP contribution in [0.15, 0.2) is 61.2 Å². The van der Waals surface area contributed by atoms with Crippen LogP contribution in [0.2, 0.25) is 0 Å². The van der Waals surface area contributed by atoms with E-state index < -0.39 is 6.29 Å². The second kappa shape index (κ2) is 13.0. The molecule has 0 spiro atoms. The number of aliphatic hydroxyl groups is 1. The zero-order valence-corrected chi connectivity index (χ0v) is 26.0. The highest BCUT2D eigenvalue weighted by Gasteiger charge is 2.51. The molecule has 1 aliphatic heterocycles. The van der Waals surface area contributed by atoms with Crippen molar-refractivity contribution in [3.63, 3.8) is 0 Å². The average molecular weight is 600 g/mol. The highest BCUT2D eigenvalue weighted by molar-refractivity contribution is 5.89. The van der Waals surface area contributed by atoms with Crippen molar-refractivity contribution in [2.75, 3.05) is 18.4 Å². The van der Waals surface area contributed by atoms with Gasteiger partial charge in [-0.15, -0.1) is 6.58 Å². The summed E-state index contributed by atoms with van der Waals surface area (Å²) in [4.78, 5) is 15.7. The number of ether oxygens (including phenoxy) is 2. The Labute approximate surface area is 262 Å². The summed E-state index contributed by atoms with van der Waals surface area (Å²) in [6.45, 7) is 5.75. The molecule has 44 heavy (non-hydrogen) atoms. The van der Waals surface area contributed by atoms with E-state index in [-0.39, 0.29) is 30.4 Å². The molecule has 4 bridgehead atoms. The van der Waals surface area contributed by atoms with Crippen LogP contribution in [0.3, 0.4) is 0 Å². The maximum atomic E-state index is 13.1. The fraction of sp³-hybridized carbons (Fsp3) is 0.595. The van der Waals surface area contributed by atoms with Crippen LogP contribution >= 0.6 is 0 Å². The zero-order chi connectivity index (χ0) is 30.1. The molecule has 0 aromatic heterocycles. The molecule has 7 heteroatoms. The summed E-state index contributed by atoms with van der Waals surface area (Å²) in [6.07, 6.45) is 14.7. The van der Waals surface area contributed by atoms with Gasteiger partial charge in [-0.05, 0) is 92.4 Å². The van der Waals surface area contributed by atoms with Crippen molar-refractivity contribution >= 4 is 11.7 Å². The Balaban J connectivity index is 1.03. The fourth-order valence-corrected chi connectivity index (χ4v) is 9.49. The molecule has 0 unspecified atom stereocenters. The Morgan fingerprint density at radius 3 is 2.16 bits per heavy atom. The van der Waals surface area contributed by atoms with Crippen molar-refractivity contribution in [2.45, 2.75) is 107 Å². The smallest absolute Gasteiger partial charge is 0.319 e. The summed E-state index contributed by atoms with van der Waals surface area (Å²) < 4.78 is 13.2. The number of hydrogen-bond acceptors (Lipinski definition) is 5. The second-order valence-corrected chi connectivity index (χ2v) is 14.4. The number of nitrogens with one attached hydrogen (secondary N) is 2. The zero-order valence-electron chi connectivity index (χ0n) is 26.0. The van der Waals surface area contributed by atoms with Gasteiger partial charge in [-0.1, -0.05) is 55.3 Å². The summed E-state index contributed by atoms with van der Waals surface area (Å²) in [6, 6.07) is 16.5. The van der Waals surface area contributed by atoms with Gasteiger partial charge in [-0.25, -0.2) is 4.79 Å². The topological polar surface area (TPSA) is 83.1 Å². The van der Waals surface area contributed by atoms with E-state index in [4.69, 9.17) is 9.47 Å². The molecule has 6 fully saturated rings. The second-order valence-electron chi connectivity index (χ2n) is 14.4. The third-order valence-corrected chi connectivity index (χ3v) is 11.1. The van der Waals surface area contributed by atoms with E-state index in [2.05, 4.69) is 34.2 Å². The monoisotopic (exact) mass is 599 g/mol. The van der Waals surface area contributed by atoms with Gasteiger partial charge in [-0.3, -0.25) is 4.90 Å². The molecule has 1 heterocycles. The van der Waals surface area contributed by atoms with E-state index >= 15 is 0 Å². The molecule has 1 saturated heterocycles. The average Bonchev–Trinajstić information content (AvgIpc) is 3.55. The van der Waals surface area contributed by atoms with Gasteiger partial charge in [0.25, 0.3) is 0 Å². The maximum absolute atomic E-state index is 13.1. The first-order valence-electron chi connectivity index (χ1n) is 17.0. The minimum atomic E-state index is -0.514. The van der Waals surface area contributed by atoms with Gasteiger partial charge in [0.15, 0.2) is 6.29 Å². The van der Waals surface area contributed by atoms with Crippen LogP contribution in [-0.4, -0.2) is 46.8 Å². The highest BCUT2D eigenvalue weighted by atomic mass is 16.7. The molecule has 8 rings (SSSR count). The summed E-state index contributed by atoms with van der Waals surface area (Å²) >= 11 is 0. The number of carbonyl (C=O) groups is 1. The predicted octanol–water partition coefficient (Wildman–Crippen LogP) is 7.25. The lowest BCUT2D eigenvalue weighted by Crippen LogP contribution is -2.60. The molecule has 5 saturated carbocycles. The Morgan fingerprint density at radius 2 is 1.55 bits per heavy atom. The van der Waals surface area contributed by atoms with Crippen LogP contribution in [0.5, 0.6) is 0 Å². The lowest BCUT2D eigenvalue weighted by molar-refractivity contribution is -0.253. The maximum Gasteiger partial charge on any atom is 0.319 e. The fourth-order valence-electron chi connectivity index (χ4n) is 9.49. The van der Waals surface area contributed by atoms with E-state index in [1.807, 2.05) is 42.5 Å². The minimum absolute atomic E-state index is 0.000628. The van der Waals surface area contributed by atoms with Gasteiger partial charge in [0.05, 0.1) is 18.8 Å². The van der Waals surface area contributed by atoms with E-state index in [0.717, 1.165) is 78.9 Å². The molecule has 2 aromatic rings. The van der Waals surface area contributed by atoms with Gasteiger partial charge in [0, 0.05) is 42.3 Å². The predicted molar refractivity (Wildman–Crippen MR) is 172 cm³/mol. The van der Waals surface area contributed by atoms with Crippen molar-refractivity contribution in [1.29, 1.82) is 0 Å². The van der Waals surface area contributed by atoms with Crippen molar-refractivity contribution in [1.82, 2.24) is 10.2 Å². The number of amides is 2. The molecule has 0 radical (unpaired) electrons. The number of rotatable bonds is 10. The first-order valence-corrected chi connectivity index (χ1v) is 17.0. The van der Waals surface area contributed by atoms with Gasteiger partial charge in [-0.2, -0.15) is 0 Å². The molecule has 5 aliphatic carbocycles. The normalized spacial score (nSPS) is 33.0. The van der Waals surface area contributed by atoms with Crippen LogP contribution < -0.4 is 10.6 Å². The van der Waals surface area contributed by atoms with Crippen LogP contribution in [-0.2, 0) is 16.1 Å². The van der Waals surface area contributed by atoms with Crippen LogP contribution in [0.25, 0.3) is 0 Å². The quantitative estimate of drug-likeness (QED) is 0.251. The molecule has 3 N–H and O–H groups in total.